The quantitative estimate of drug-likeness (QED) is 0.528. The number of anilines is 1. The van der Waals surface area contributed by atoms with E-state index in [4.69, 9.17) is 37.4 Å². The predicted octanol–water partition coefficient (Wildman–Crippen LogP) is 4.97. The van der Waals surface area contributed by atoms with Crippen LogP contribution in [0.5, 0.6) is 5.75 Å². The Morgan fingerprint density at radius 3 is 2.77 bits per heavy atom. The Kier molecular flexibility index (Phi) is 6.49. The van der Waals surface area contributed by atoms with Crippen molar-refractivity contribution in [2.45, 2.75) is 25.4 Å². The van der Waals surface area contributed by atoms with Crippen LogP contribution in [0.25, 0.3) is 0 Å². The molecule has 1 fully saturated rings. The van der Waals surface area contributed by atoms with Crippen molar-refractivity contribution < 1.29 is 14.2 Å². The lowest BCUT2D eigenvalue weighted by Crippen LogP contribution is -2.34. The molecule has 1 aliphatic rings. The summed E-state index contributed by atoms with van der Waals surface area (Å²) >= 11 is 12.6. The average Bonchev–Trinajstić information content (AvgIpc) is 3.38. The van der Waals surface area contributed by atoms with Crippen molar-refractivity contribution in [3.63, 3.8) is 0 Å². The van der Waals surface area contributed by atoms with Crippen LogP contribution >= 0.6 is 23.2 Å². The summed E-state index contributed by atoms with van der Waals surface area (Å²) in [5, 5.41) is 4.31. The second-order valence-corrected chi connectivity index (χ2v) is 7.87. The summed E-state index contributed by atoms with van der Waals surface area (Å²) in [5.41, 5.74) is 1.78. The number of benzene rings is 2. The van der Waals surface area contributed by atoms with Crippen LogP contribution in [0.2, 0.25) is 10.0 Å². The Bertz CT molecular complexity index is 966. The van der Waals surface area contributed by atoms with Gasteiger partial charge >= 0.3 is 0 Å². The van der Waals surface area contributed by atoms with E-state index >= 15 is 0 Å². The fourth-order valence-electron chi connectivity index (χ4n) is 3.44. The molecular formula is C22H23Cl2N3O3. The van der Waals surface area contributed by atoms with Crippen molar-refractivity contribution >= 4 is 28.9 Å². The van der Waals surface area contributed by atoms with Crippen LogP contribution in [-0.2, 0) is 21.8 Å². The van der Waals surface area contributed by atoms with Gasteiger partial charge in [-0.25, -0.2) is 4.98 Å². The van der Waals surface area contributed by atoms with Gasteiger partial charge < -0.3 is 24.1 Å². The minimum Gasteiger partial charge on any atom is -0.491 e. The zero-order chi connectivity index (χ0) is 21.0. The molecule has 6 nitrogen and oxygen atoms in total. The smallest absolute Gasteiger partial charge is 0.215 e. The van der Waals surface area contributed by atoms with E-state index < -0.39 is 5.79 Å². The van der Waals surface area contributed by atoms with Crippen LogP contribution in [-0.4, -0.2) is 35.4 Å². The van der Waals surface area contributed by atoms with Gasteiger partial charge in [0.25, 0.3) is 0 Å². The average molecular weight is 448 g/mol. The minimum atomic E-state index is -1.05. The van der Waals surface area contributed by atoms with Crippen LogP contribution in [0, 0.1) is 0 Å². The third kappa shape index (κ3) is 4.73. The molecule has 8 heteroatoms. The summed E-state index contributed by atoms with van der Waals surface area (Å²) in [6.07, 6.45) is 5.03. The summed E-state index contributed by atoms with van der Waals surface area (Å²) in [6.45, 7) is 4.08. The molecule has 3 aromatic rings. The van der Waals surface area contributed by atoms with Gasteiger partial charge in [0, 0.05) is 35.2 Å². The molecule has 2 unspecified atom stereocenters. The topological polar surface area (TPSA) is 57.5 Å². The van der Waals surface area contributed by atoms with Crippen molar-refractivity contribution in [1.82, 2.24) is 9.55 Å². The number of imidazole rings is 1. The number of ether oxygens (including phenoxy) is 3. The molecule has 0 radical (unpaired) electrons. The first kappa shape index (κ1) is 21.0. The zero-order valence-corrected chi connectivity index (χ0v) is 18.1. The molecule has 0 spiro atoms. The highest BCUT2D eigenvalue weighted by atomic mass is 35.5. The fourth-order valence-corrected chi connectivity index (χ4v) is 3.99. The summed E-state index contributed by atoms with van der Waals surface area (Å²) in [7, 11) is 0. The molecule has 0 aliphatic carbocycles. The number of aromatic nitrogens is 2. The van der Waals surface area contributed by atoms with Gasteiger partial charge in [-0.05, 0) is 43.3 Å². The van der Waals surface area contributed by atoms with Crippen molar-refractivity contribution in [3.8, 4) is 5.75 Å². The molecule has 1 N–H and O–H groups in total. The molecule has 2 heterocycles. The molecule has 1 aromatic heterocycles. The van der Waals surface area contributed by atoms with E-state index in [1.807, 2.05) is 41.1 Å². The molecule has 30 heavy (non-hydrogen) atoms. The minimum absolute atomic E-state index is 0.256. The van der Waals surface area contributed by atoms with E-state index in [2.05, 4.69) is 17.2 Å². The summed E-state index contributed by atoms with van der Waals surface area (Å²) in [4.78, 5) is 4.11. The first-order chi connectivity index (χ1) is 14.6. The van der Waals surface area contributed by atoms with Gasteiger partial charge in [-0.1, -0.05) is 29.3 Å². The highest BCUT2D eigenvalue weighted by molar-refractivity contribution is 6.35. The van der Waals surface area contributed by atoms with Gasteiger partial charge in [-0.2, -0.15) is 0 Å². The first-order valence-corrected chi connectivity index (χ1v) is 10.5. The summed E-state index contributed by atoms with van der Waals surface area (Å²) < 4.78 is 20.4. The molecule has 0 amide bonds. The summed E-state index contributed by atoms with van der Waals surface area (Å²) in [6, 6.07) is 13.1. The maximum Gasteiger partial charge on any atom is 0.215 e. The lowest BCUT2D eigenvalue weighted by Gasteiger charge is -2.30. The molecule has 1 aliphatic heterocycles. The maximum absolute atomic E-state index is 6.49. The van der Waals surface area contributed by atoms with Crippen molar-refractivity contribution in [3.05, 3.63) is 76.8 Å². The second-order valence-electron chi connectivity index (χ2n) is 7.03. The molecule has 158 valence electrons. The monoisotopic (exact) mass is 447 g/mol. The Labute approximate surface area is 185 Å². The maximum atomic E-state index is 6.49. The molecule has 0 bridgehead atoms. The molecule has 0 saturated carbocycles. The van der Waals surface area contributed by atoms with E-state index in [1.165, 1.54) is 0 Å². The largest absolute Gasteiger partial charge is 0.491 e. The molecule has 4 rings (SSSR count). The Hall–Kier alpha value is -2.25. The Morgan fingerprint density at radius 2 is 2.07 bits per heavy atom. The Morgan fingerprint density at radius 1 is 1.23 bits per heavy atom. The number of hydrogen-bond donors (Lipinski definition) is 1. The van der Waals surface area contributed by atoms with E-state index in [0.717, 1.165) is 23.5 Å². The van der Waals surface area contributed by atoms with Crippen molar-refractivity contribution in [1.29, 1.82) is 0 Å². The third-order valence-corrected chi connectivity index (χ3v) is 5.37. The highest BCUT2D eigenvalue weighted by Gasteiger charge is 2.45. The number of nitrogens with one attached hydrogen (secondary N) is 1. The predicted molar refractivity (Wildman–Crippen MR) is 117 cm³/mol. The van der Waals surface area contributed by atoms with E-state index in [-0.39, 0.29) is 6.10 Å². The van der Waals surface area contributed by atoms with Gasteiger partial charge in [0.1, 0.15) is 18.5 Å². The standard InChI is InChI=1S/C22H23Cl2N3O3/c1-2-26-17-4-6-18(7-5-17)28-12-19-13-29-22(30-19,14-27-10-9-25-15-27)20-8-3-16(23)11-21(20)24/h3-11,15,19,26H,2,12-14H2,1H3. The van der Waals surface area contributed by atoms with Gasteiger partial charge in [-0.3, -0.25) is 0 Å². The Balaban J connectivity index is 1.48. The second kappa shape index (κ2) is 9.27. The number of rotatable bonds is 8. The highest BCUT2D eigenvalue weighted by Crippen LogP contribution is 2.40. The van der Waals surface area contributed by atoms with Gasteiger partial charge in [0.05, 0.1) is 24.5 Å². The SMILES string of the molecule is CCNc1ccc(OCC2COC(Cn3ccnc3)(c3ccc(Cl)cc3Cl)O2)cc1. The third-order valence-electron chi connectivity index (χ3n) is 4.82. The lowest BCUT2D eigenvalue weighted by atomic mass is 10.1. The van der Waals surface area contributed by atoms with E-state index in [9.17, 15) is 0 Å². The van der Waals surface area contributed by atoms with Crippen LogP contribution in [0.4, 0.5) is 5.69 Å². The van der Waals surface area contributed by atoms with Crippen molar-refractivity contribution in [2.24, 2.45) is 0 Å². The first-order valence-electron chi connectivity index (χ1n) is 9.78. The van der Waals surface area contributed by atoms with Crippen LogP contribution in [0.3, 0.4) is 0 Å². The van der Waals surface area contributed by atoms with Crippen molar-refractivity contribution in [2.75, 3.05) is 25.1 Å². The van der Waals surface area contributed by atoms with E-state index in [1.54, 1.807) is 24.7 Å². The summed E-state index contributed by atoms with van der Waals surface area (Å²) in [5.74, 6) is -0.275. The normalized spacial score (nSPS) is 21.0. The van der Waals surface area contributed by atoms with Crippen LogP contribution < -0.4 is 10.1 Å². The lowest BCUT2D eigenvalue weighted by molar-refractivity contribution is -0.189. The molecule has 1 saturated heterocycles. The number of halogens is 2. The van der Waals surface area contributed by atoms with Gasteiger partial charge in [0.15, 0.2) is 0 Å². The molecule has 2 aromatic carbocycles. The zero-order valence-electron chi connectivity index (χ0n) is 16.6. The number of nitrogens with zero attached hydrogens (tertiary/aromatic N) is 2. The van der Waals surface area contributed by atoms with Gasteiger partial charge in [-0.15, -0.1) is 0 Å². The van der Waals surface area contributed by atoms with Crippen LogP contribution in [0.15, 0.2) is 61.2 Å². The molecular weight excluding hydrogens is 425 g/mol. The van der Waals surface area contributed by atoms with E-state index in [0.29, 0.717) is 29.8 Å². The van der Waals surface area contributed by atoms with Gasteiger partial charge in [0.2, 0.25) is 5.79 Å². The van der Waals surface area contributed by atoms with Crippen LogP contribution in [0.1, 0.15) is 12.5 Å². The fraction of sp³-hybridized carbons (Fsp3) is 0.318. The molecule has 2 atom stereocenters. The number of hydrogen-bond acceptors (Lipinski definition) is 5.